The van der Waals surface area contributed by atoms with E-state index in [2.05, 4.69) is 18.2 Å². The molecule has 0 aliphatic carbocycles. The summed E-state index contributed by atoms with van der Waals surface area (Å²) in [5.41, 5.74) is -0.605. The highest BCUT2D eigenvalue weighted by atomic mass is 16.3. The Labute approximate surface area is 81.7 Å². The lowest BCUT2D eigenvalue weighted by molar-refractivity contribution is 0.0494. The van der Waals surface area contributed by atoms with E-state index in [1.165, 1.54) is 0 Å². The first-order valence-electron chi connectivity index (χ1n) is 4.99. The molecule has 0 amide bonds. The van der Waals surface area contributed by atoms with Gasteiger partial charge in [0.25, 0.3) is 0 Å². The molecule has 0 aliphatic rings. The summed E-state index contributed by atoms with van der Waals surface area (Å²) in [5, 5.41) is 13.0. The Bertz CT molecular complexity index is 158. The van der Waals surface area contributed by atoms with Gasteiger partial charge < -0.3 is 10.4 Å². The van der Waals surface area contributed by atoms with Gasteiger partial charge in [0, 0.05) is 13.0 Å². The van der Waals surface area contributed by atoms with Gasteiger partial charge in [-0.2, -0.15) is 0 Å². The monoisotopic (exact) mass is 183 g/mol. The molecule has 1 unspecified atom stereocenters. The largest absolute Gasteiger partial charge is 0.389 e. The van der Waals surface area contributed by atoms with E-state index in [-0.39, 0.29) is 0 Å². The molecule has 2 N–H and O–H groups in total. The second kappa shape index (κ2) is 6.94. The maximum absolute atomic E-state index is 9.84. The molecule has 0 aromatic heterocycles. The van der Waals surface area contributed by atoms with Crippen LogP contribution in [-0.2, 0) is 0 Å². The lowest BCUT2D eigenvalue weighted by Crippen LogP contribution is -2.38. The highest BCUT2D eigenvalue weighted by molar-refractivity contribution is 4.85. The number of rotatable bonds is 7. The van der Waals surface area contributed by atoms with E-state index in [1.54, 1.807) is 0 Å². The van der Waals surface area contributed by atoms with Crippen molar-refractivity contribution in [2.45, 2.75) is 45.1 Å². The van der Waals surface area contributed by atoms with Crippen LogP contribution in [0.1, 0.15) is 39.5 Å². The van der Waals surface area contributed by atoms with E-state index in [0.717, 1.165) is 32.2 Å². The number of nitrogens with one attached hydrogen (secondary N) is 1. The van der Waals surface area contributed by atoms with E-state index in [0.29, 0.717) is 6.54 Å². The lowest BCUT2D eigenvalue weighted by atomic mass is 9.99. The second-order valence-electron chi connectivity index (χ2n) is 3.73. The third-order valence-electron chi connectivity index (χ3n) is 1.97. The summed E-state index contributed by atoms with van der Waals surface area (Å²) in [5.74, 6) is 2.58. The van der Waals surface area contributed by atoms with Gasteiger partial charge in [0.2, 0.25) is 0 Å². The number of terminal acetylenes is 1. The van der Waals surface area contributed by atoms with Crippen molar-refractivity contribution in [3.8, 4) is 12.3 Å². The van der Waals surface area contributed by atoms with Gasteiger partial charge in [-0.05, 0) is 32.7 Å². The number of hydrogen-bond acceptors (Lipinski definition) is 2. The Hall–Kier alpha value is -0.520. The van der Waals surface area contributed by atoms with Crippen molar-refractivity contribution >= 4 is 0 Å². The molecular formula is C11H21NO. The van der Waals surface area contributed by atoms with Crippen LogP contribution in [0.15, 0.2) is 0 Å². The molecule has 13 heavy (non-hydrogen) atoms. The molecule has 2 heteroatoms. The summed E-state index contributed by atoms with van der Waals surface area (Å²) in [4.78, 5) is 0. The third-order valence-corrected chi connectivity index (χ3v) is 1.97. The quantitative estimate of drug-likeness (QED) is 0.463. The average molecular weight is 183 g/mol. The first-order chi connectivity index (χ1) is 6.12. The predicted molar refractivity (Wildman–Crippen MR) is 56.5 cm³/mol. The number of hydrogen-bond donors (Lipinski definition) is 2. The Morgan fingerprint density at radius 1 is 1.54 bits per heavy atom. The molecule has 0 heterocycles. The lowest BCUT2D eigenvalue weighted by Gasteiger charge is -2.23. The van der Waals surface area contributed by atoms with Crippen molar-refractivity contribution in [1.82, 2.24) is 5.32 Å². The fraction of sp³-hybridized carbons (Fsp3) is 0.818. The second-order valence-corrected chi connectivity index (χ2v) is 3.73. The average Bonchev–Trinajstić information content (AvgIpc) is 2.05. The van der Waals surface area contributed by atoms with E-state index >= 15 is 0 Å². The SMILES string of the molecule is C#CCCCC(C)(O)CNCCC. The molecule has 0 aromatic carbocycles. The van der Waals surface area contributed by atoms with Crippen molar-refractivity contribution in [3.63, 3.8) is 0 Å². The molecule has 0 rings (SSSR count). The highest BCUT2D eigenvalue weighted by Crippen LogP contribution is 2.11. The smallest absolute Gasteiger partial charge is 0.0743 e. The maximum Gasteiger partial charge on any atom is 0.0743 e. The summed E-state index contributed by atoms with van der Waals surface area (Å²) in [6, 6.07) is 0. The molecule has 0 saturated heterocycles. The van der Waals surface area contributed by atoms with E-state index in [9.17, 15) is 5.11 Å². The van der Waals surface area contributed by atoms with Crippen molar-refractivity contribution in [2.24, 2.45) is 0 Å². The minimum absolute atomic E-state index is 0.605. The summed E-state index contributed by atoms with van der Waals surface area (Å²) >= 11 is 0. The van der Waals surface area contributed by atoms with Crippen LogP contribution in [-0.4, -0.2) is 23.8 Å². The summed E-state index contributed by atoms with van der Waals surface area (Å²) < 4.78 is 0. The van der Waals surface area contributed by atoms with Crippen LogP contribution in [0.5, 0.6) is 0 Å². The van der Waals surface area contributed by atoms with Gasteiger partial charge in [0.15, 0.2) is 0 Å². The summed E-state index contributed by atoms with van der Waals surface area (Å²) in [6.07, 6.45) is 8.66. The van der Waals surface area contributed by atoms with Crippen LogP contribution in [0, 0.1) is 12.3 Å². The first-order valence-corrected chi connectivity index (χ1v) is 4.99. The Balaban J connectivity index is 3.49. The van der Waals surface area contributed by atoms with Gasteiger partial charge >= 0.3 is 0 Å². The molecule has 0 aliphatic heterocycles. The van der Waals surface area contributed by atoms with E-state index in [1.807, 2.05) is 6.92 Å². The first kappa shape index (κ1) is 12.5. The summed E-state index contributed by atoms with van der Waals surface area (Å²) in [7, 11) is 0. The van der Waals surface area contributed by atoms with Gasteiger partial charge in [0.1, 0.15) is 0 Å². The van der Waals surface area contributed by atoms with Crippen LogP contribution in [0.2, 0.25) is 0 Å². The maximum atomic E-state index is 9.84. The Morgan fingerprint density at radius 3 is 2.77 bits per heavy atom. The topological polar surface area (TPSA) is 32.3 Å². The molecule has 0 saturated carbocycles. The zero-order valence-electron chi connectivity index (χ0n) is 8.77. The van der Waals surface area contributed by atoms with Crippen LogP contribution in [0.25, 0.3) is 0 Å². The van der Waals surface area contributed by atoms with Crippen LogP contribution in [0.4, 0.5) is 0 Å². The predicted octanol–water partition coefficient (Wildman–Crippen LogP) is 1.54. The Kier molecular flexibility index (Phi) is 6.66. The highest BCUT2D eigenvalue weighted by Gasteiger charge is 2.18. The standard InChI is InChI=1S/C11H21NO/c1-4-6-7-8-11(3,13)10-12-9-5-2/h1,12-13H,5-10H2,2-3H3. The fourth-order valence-electron chi connectivity index (χ4n) is 1.19. The van der Waals surface area contributed by atoms with Gasteiger partial charge in [-0.15, -0.1) is 12.3 Å². The molecular weight excluding hydrogens is 162 g/mol. The van der Waals surface area contributed by atoms with Crippen LogP contribution in [0.3, 0.4) is 0 Å². The molecule has 0 aromatic rings. The minimum Gasteiger partial charge on any atom is -0.389 e. The van der Waals surface area contributed by atoms with Crippen molar-refractivity contribution in [3.05, 3.63) is 0 Å². The molecule has 76 valence electrons. The third kappa shape index (κ3) is 7.83. The number of unbranched alkanes of at least 4 members (excludes halogenated alkanes) is 1. The fourth-order valence-corrected chi connectivity index (χ4v) is 1.19. The van der Waals surface area contributed by atoms with Gasteiger partial charge in [0.05, 0.1) is 5.60 Å². The molecule has 1 atom stereocenters. The van der Waals surface area contributed by atoms with Crippen molar-refractivity contribution in [2.75, 3.05) is 13.1 Å². The normalized spacial score (nSPS) is 14.9. The molecule has 0 fully saturated rings. The van der Waals surface area contributed by atoms with E-state index < -0.39 is 5.60 Å². The summed E-state index contributed by atoms with van der Waals surface area (Å²) in [6.45, 7) is 5.59. The molecule has 0 bridgehead atoms. The van der Waals surface area contributed by atoms with Crippen LogP contribution < -0.4 is 5.32 Å². The van der Waals surface area contributed by atoms with E-state index in [4.69, 9.17) is 6.42 Å². The minimum atomic E-state index is -0.605. The van der Waals surface area contributed by atoms with Gasteiger partial charge in [-0.1, -0.05) is 6.92 Å². The molecule has 0 spiro atoms. The molecule has 0 radical (unpaired) electrons. The number of aliphatic hydroxyl groups is 1. The van der Waals surface area contributed by atoms with Gasteiger partial charge in [-0.3, -0.25) is 0 Å². The molecule has 2 nitrogen and oxygen atoms in total. The Morgan fingerprint density at radius 2 is 2.23 bits per heavy atom. The van der Waals surface area contributed by atoms with Crippen molar-refractivity contribution < 1.29 is 5.11 Å². The zero-order valence-corrected chi connectivity index (χ0v) is 8.77. The van der Waals surface area contributed by atoms with Crippen molar-refractivity contribution in [1.29, 1.82) is 0 Å². The van der Waals surface area contributed by atoms with Crippen LogP contribution >= 0.6 is 0 Å². The van der Waals surface area contributed by atoms with Gasteiger partial charge in [-0.25, -0.2) is 0 Å². The zero-order chi connectivity index (χ0) is 10.2.